The molecule has 0 radical (unpaired) electrons. The van der Waals surface area contributed by atoms with Crippen LogP contribution in [0.3, 0.4) is 0 Å². The summed E-state index contributed by atoms with van der Waals surface area (Å²) in [6, 6.07) is 59.5. The lowest BCUT2D eigenvalue weighted by Gasteiger charge is -2.29. The van der Waals surface area contributed by atoms with E-state index in [-0.39, 0.29) is 0 Å². The lowest BCUT2D eigenvalue weighted by atomic mass is 10.1. The molecule has 0 N–H and O–H groups in total. The van der Waals surface area contributed by atoms with Crippen LogP contribution in [0.4, 0.5) is 45.5 Å². The summed E-state index contributed by atoms with van der Waals surface area (Å²) in [4.78, 5) is 6.83. The van der Waals surface area contributed by atoms with Crippen LogP contribution in [-0.4, -0.2) is 7.05 Å². The van der Waals surface area contributed by atoms with Gasteiger partial charge in [-0.2, -0.15) is 0 Å². The van der Waals surface area contributed by atoms with Gasteiger partial charge in [-0.3, -0.25) is 0 Å². The maximum Gasteiger partial charge on any atom is 0.0482 e. The average molecular weight is 518 g/mol. The van der Waals surface area contributed by atoms with Crippen LogP contribution in [-0.2, 0) is 0 Å². The van der Waals surface area contributed by atoms with Gasteiger partial charge in [0.2, 0.25) is 0 Å². The van der Waals surface area contributed by atoms with E-state index in [0.29, 0.717) is 0 Å². The summed E-state index contributed by atoms with van der Waals surface area (Å²) in [7, 11) is 2.13. The van der Waals surface area contributed by atoms with Crippen molar-refractivity contribution in [2.45, 2.75) is 0 Å². The Morgan fingerprint density at radius 2 is 0.525 bits per heavy atom. The molecule has 0 saturated heterocycles. The van der Waals surface area contributed by atoms with Crippen LogP contribution < -0.4 is 14.7 Å². The molecule has 6 aromatic carbocycles. The van der Waals surface area contributed by atoms with Crippen molar-refractivity contribution in [3.8, 4) is 0 Å². The Kier molecular flexibility index (Phi) is 7.27. The molecule has 3 nitrogen and oxygen atoms in total. The molecule has 0 heterocycles. The smallest absolute Gasteiger partial charge is 0.0482 e. The van der Waals surface area contributed by atoms with Crippen molar-refractivity contribution in [1.29, 1.82) is 0 Å². The van der Waals surface area contributed by atoms with Gasteiger partial charge in [0.15, 0.2) is 0 Å². The van der Waals surface area contributed by atoms with Gasteiger partial charge in [0.25, 0.3) is 0 Å². The van der Waals surface area contributed by atoms with E-state index >= 15 is 0 Å². The minimum atomic E-state index is 1.10. The average Bonchev–Trinajstić information content (AvgIpc) is 3.03. The number of hydrogen-bond donors (Lipinski definition) is 0. The Balaban J connectivity index is 1.38. The molecule has 3 heteroatoms. The fourth-order valence-electron chi connectivity index (χ4n) is 5.03. The Labute approximate surface area is 236 Å². The summed E-state index contributed by atoms with van der Waals surface area (Å²) in [5.41, 5.74) is 8.92. The van der Waals surface area contributed by atoms with Crippen LogP contribution in [0, 0.1) is 0 Å². The van der Waals surface area contributed by atoms with Gasteiger partial charge < -0.3 is 14.7 Å². The number of hydrogen-bond acceptors (Lipinski definition) is 3. The third-order valence-electron chi connectivity index (χ3n) is 7.01. The second-order valence-electron chi connectivity index (χ2n) is 9.61. The Morgan fingerprint density at radius 3 is 0.825 bits per heavy atom. The molecule has 0 aliphatic carbocycles. The van der Waals surface area contributed by atoms with Gasteiger partial charge in [-0.05, 0) is 84.9 Å². The van der Waals surface area contributed by atoms with Crippen LogP contribution in [0.5, 0.6) is 0 Å². The van der Waals surface area contributed by atoms with E-state index < -0.39 is 0 Å². The molecule has 0 fully saturated rings. The number of para-hydroxylation sites is 4. The van der Waals surface area contributed by atoms with E-state index in [2.05, 4.69) is 192 Å². The maximum absolute atomic E-state index is 2.29. The van der Waals surface area contributed by atoms with Crippen LogP contribution >= 0.6 is 0 Å². The first-order valence-corrected chi connectivity index (χ1v) is 13.5. The molecule has 0 bridgehead atoms. The standard InChI is InChI=1S/C37H31N3/c1-38(34-24-14-26-36(28-34)39(30-16-6-2-7-17-30)31-18-8-3-9-19-31)35-25-15-27-37(29-35)40(32-20-10-4-11-21-32)33-22-12-5-13-23-33/h2-29H,1H3. The van der Waals surface area contributed by atoms with Crippen molar-refractivity contribution < 1.29 is 0 Å². The van der Waals surface area contributed by atoms with E-state index in [0.717, 1.165) is 45.5 Å². The molecule has 40 heavy (non-hydrogen) atoms. The first-order valence-electron chi connectivity index (χ1n) is 13.5. The normalized spacial score (nSPS) is 10.6. The van der Waals surface area contributed by atoms with Gasteiger partial charge in [-0.25, -0.2) is 0 Å². The minimum Gasteiger partial charge on any atom is -0.344 e. The lowest BCUT2D eigenvalue weighted by Crippen LogP contribution is -2.14. The minimum absolute atomic E-state index is 1.10. The van der Waals surface area contributed by atoms with E-state index in [1.165, 1.54) is 0 Å². The predicted molar refractivity (Wildman–Crippen MR) is 170 cm³/mol. The maximum atomic E-state index is 2.29. The second kappa shape index (κ2) is 11.6. The van der Waals surface area contributed by atoms with Gasteiger partial charge in [0, 0.05) is 52.5 Å². The van der Waals surface area contributed by atoms with Crippen LogP contribution in [0.2, 0.25) is 0 Å². The predicted octanol–water partition coefficient (Wildman–Crippen LogP) is 10.4. The van der Waals surface area contributed by atoms with Crippen LogP contribution in [0.15, 0.2) is 170 Å². The van der Waals surface area contributed by atoms with E-state index in [1.807, 2.05) is 0 Å². The highest BCUT2D eigenvalue weighted by Gasteiger charge is 2.16. The molecule has 0 amide bonds. The highest BCUT2D eigenvalue weighted by atomic mass is 15.2. The molecule has 6 rings (SSSR count). The van der Waals surface area contributed by atoms with Crippen molar-refractivity contribution in [2.24, 2.45) is 0 Å². The largest absolute Gasteiger partial charge is 0.344 e. The van der Waals surface area contributed by atoms with Crippen LogP contribution in [0.25, 0.3) is 0 Å². The van der Waals surface area contributed by atoms with Crippen molar-refractivity contribution in [1.82, 2.24) is 0 Å². The summed E-state index contributed by atoms with van der Waals surface area (Å²) >= 11 is 0. The zero-order valence-corrected chi connectivity index (χ0v) is 22.5. The van der Waals surface area contributed by atoms with Gasteiger partial charge >= 0.3 is 0 Å². The zero-order valence-electron chi connectivity index (χ0n) is 22.5. The summed E-state index contributed by atoms with van der Waals surface area (Å²) in [6.07, 6.45) is 0. The molecule has 0 saturated carbocycles. The van der Waals surface area contributed by atoms with Crippen LogP contribution in [0.1, 0.15) is 0 Å². The van der Waals surface area contributed by atoms with Gasteiger partial charge in [0.05, 0.1) is 0 Å². The molecule has 0 aromatic heterocycles. The van der Waals surface area contributed by atoms with Gasteiger partial charge in [0.1, 0.15) is 0 Å². The molecule has 0 atom stereocenters. The summed E-state index contributed by atoms with van der Waals surface area (Å²) in [5.74, 6) is 0. The molecule has 6 aromatic rings. The molecule has 0 aliphatic rings. The van der Waals surface area contributed by atoms with E-state index in [9.17, 15) is 0 Å². The molecular weight excluding hydrogens is 486 g/mol. The number of rotatable bonds is 8. The Bertz CT molecular complexity index is 1450. The SMILES string of the molecule is CN(c1cccc(N(c2ccccc2)c2ccccc2)c1)c1cccc(N(c2ccccc2)c2ccccc2)c1. The molecule has 0 spiro atoms. The molecule has 0 aliphatic heterocycles. The van der Waals surface area contributed by atoms with Gasteiger partial charge in [-0.1, -0.05) is 84.9 Å². The molecule has 194 valence electrons. The Morgan fingerprint density at radius 1 is 0.275 bits per heavy atom. The first-order chi connectivity index (χ1) is 19.8. The first kappa shape index (κ1) is 25.0. The van der Waals surface area contributed by atoms with Crippen molar-refractivity contribution in [2.75, 3.05) is 21.7 Å². The topological polar surface area (TPSA) is 9.72 Å². The highest BCUT2D eigenvalue weighted by molar-refractivity contribution is 5.82. The molecule has 0 unspecified atom stereocenters. The Hall–Kier alpha value is -5.28. The van der Waals surface area contributed by atoms with Crippen molar-refractivity contribution >= 4 is 45.5 Å². The van der Waals surface area contributed by atoms with E-state index in [4.69, 9.17) is 0 Å². The third kappa shape index (κ3) is 5.31. The fourth-order valence-corrected chi connectivity index (χ4v) is 5.03. The summed E-state index contributed by atoms with van der Waals surface area (Å²) < 4.78 is 0. The third-order valence-corrected chi connectivity index (χ3v) is 7.01. The highest BCUT2D eigenvalue weighted by Crippen LogP contribution is 2.39. The van der Waals surface area contributed by atoms with E-state index in [1.54, 1.807) is 0 Å². The van der Waals surface area contributed by atoms with Crippen molar-refractivity contribution in [3.05, 3.63) is 170 Å². The summed E-state index contributed by atoms with van der Waals surface area (Å²) in [5, 5.41) is 0. The van der Waals surface area contributed by atoms with Gasteiger partial charge in [-0.15, -0.1) is 0 Å². The molecular formula is C37H31N3. The summed E-state index contributed by atoms with van der Waals surface area (Å²) in [6.45, 7) is 0. The lowest BCUT2D eigenvalue weighted by molar-refractivity contribution is 1.19. The number of benzene rings is 6. The number of nitrogens with zero attached hydrogens (tertiary/aromatic N) is 3. The second-order valence-corrected chi connectivity index (χ2v) is 9.61. The fraction of sp³-hybridized carbons (Fsp3) is 0.0270. The number of anilines is 8. The van der Waals surface area contributed by atoms with Crippen molar-refractivity contribution in [3.63, 3.8) is 0 Å². The zero-order chi connectivity index (χ0) is 27.1. The quantitative estimate of drug-likeness (QED) is 0.199. The monoisotopic (exact) mass is 517 g/mol.